The van der Waals surface area contributed by atoms with Gasteiger partial charge in [0.25, 0.3) is 5.91 Å². The summed E-state index contributed by atoms with van der Waals surface area (Å²) >= 11 is 1.57. The quantitative estimate of drug-likeness (QED) is 0.537. The van der Waals surface area contributed by atoms with E-state index in [4.69, 9.17) is 4.52 Å². The third-order valence-electron chi connectivity index (χ3n) is 5.08. The normalized spacial score (nSPS) is 17.1. The fourth-order valence-corrected chi connectivity index (χ4v) is 4.51. The minimum atomic E-state index is -0.0777. The predicted octanol–water partition coefficient (Wildman–Crippen LogP) is 4.15. The van der Waals surface area contributed by atoms with E-state index in [2.05, 4.69) is 20.8 Å². The van der Waals surface area contributed by atoms with Crippen LogP contribution in [0.4, 0.5) is 0 Å². The number of amides is 1. The number of hydrogen-bond donors (Lipinski definition) is 0. The molecule has 0 N–H and O–H groups in total. The summed E-state index contributed by atoms with van der Waals surface area (Å²) in [7, 11) is 0. The number of carbonyl (C=O) groups is 1. The first-order chi connectivity index (χ1) is 13.2. The molecule has 1 aromatic carbocycles. The molecule has 3 aromatic heterocycles. The highest BCUT2D eigenvalue weighted by molar-refractivity contribution is 7.13. The van der Waals surface area contributed by atoms with E-state index < -0.39 is 0 Å². The van der Waals surface area contributed by atoms with Crippen molar-refractivity contribution in [3.8, 4) is 10.6 Å². The number of para-hydroxylation sites is 2. The van der Waals surface area contributed by atoms with Crippen molar-refractivity contribution < 1.29 is 9.32 Å². The number of hydrogen-bond acceptors (Lipinski definition) is 5. The van der Waals surface area contributed by atoms with Crippen LogP contribution in [0.25, 0.3) is 21.7 Å². The molecule has 136 valence electrons. The van der Waals surface area contributed by atoms with E-state index in [0.717, 1.165) is 28.2 Å². The number of rotatable bonds is 3. The molecular formula is C20H18N4O2S. The molecule has 0 aliphatic carbocycles. The maximum Gasteiger partial charge on any atom is 0.276 e. The summed E-state index contributed by atoms with van der Waals surface area (Å²) in [6, 6.07) is 14.0. The van der Waals surface area contributed by atoms with Gasteiger partial charge >= 0.3 is 0 Å². The van der Waals surface area contributed by atoms with Gasteiger partial charge in [0.15, 0.2) is 11.5 Å². The molecule has 0 radical (unpaired) electrons. The van der Waals surface area contributed by atoms with Crippen molar-refractivity contribution in [1.82, 2.24) is 19.6 Å². The Morgan fingerprint density at radius 1 is 1.26 bits per heavy atom. The largest absolute Gasteiger partial charge is 0.355 e. The number of likely N-dealkylation sites (tertiary alicyclic amines) is 1. The van der Waals surface area contributed by atoms with Gasteiger partial charge in [-0.1, -0.05) is 23.4 Å². The van der Waals surface area contributed by atoms with Crippen LogP contribution in [0.1, 0.15) is 28.8 Å². The molecule has 1 saturated heterocycles. The maximum absolute atomic E-state index is 12.9. The van der Waals surface area contributed by atoms with Crippen molar-refractivity contribution in [1.29, 1.82) is 0 Å². The van der Waals surface area contributed by atoms with E-state index in [1.54, 1.807) is 17.4 Å². The van der Waals surface area contributed by atoms with E-state index in [9.17, 15) is 4.79 Å². The fourth-order valence-electron chi connectivity index (χ4n) is 3.84. The second-order valence-electron chi connectivity index (χ2n) is 6.77. The summed E-state index contributed by atoms with van der Waals surface area (Å²) in [4.78, 5) is 20.4. The standard InChI is InChI=1S/C20H18N4O2S/c1-13-21-15-5-2-3-6-17(15)24(13)14-8-9-23(12-14)20(25)16-11-18(26-22-16)19-7-4-10-27-19/h2-7,10-11,14H,8-9,12H2,1H3. The molecule has 1 amide bonds. The highest BCUT2D eigenvalue weighted by atomic mass is 32.1. The van der Waals surface area contributed by atoms with Gasteiger partial charge in [0.05, 0.1) is 22.0 Å². The molecule has 27 heavy (non-hydrogen) atoms. The number of carbonyl (C=O) groups excluding carboxylic acids is 1. The van der Waals surface area contributed by atoms with Crippen LogP contribution < -0.4 is 0 Å². The van der Waals surface area contributed by atoms with Crippen LogP contribution in [-0.2, 0) is 0 Å². The first-order valence-corrected chi connectivity index (χ1v) is 9.82. The van der Waals surface area contributed by atoms with Gasteiger partial charge in [0, 0.05) is 19.2 Å². The number of aromatic nitrogens is 3. The molecular weight excluding hydrogens is 360 g/mol. The average Bonchev–Trinajstić information content (AvgIpc) is 3.45. The second-order valence-corrected chi connectivity index (χ2v) is 7.71. The molecule has 4 aromatic rings. The van der Waals surface area contributed by atoms with Gasteiger partial charge < -0.3 is 14.0 Å². The van der Waals surface area contributed by atoms with Crippen molar-refractivity contribution in [2.24, 2.45) is 0 Å². The SMILES string of the molecule is Cc1nc2ccccc2n1C1CCN(C(=O)c2cc(-c3cccs3)on2)C1. The van der Waals surface area contributed by atoms with Crippen molar-refractivity contribution >= 4 is 28.3 Å². The van der Waals surface area contributed by atoms with Crippen LogP contribution in [-0.4, -0.2) is 38.6 Å². The minimum Gasteiger partial charge on any atom is -0.355 e. The predicted molar refractivity (Wildman–Crippen MR) is 104 cm³/mol. The van der Waals surface area contributed by atoms with Crippen molar-refractivity contribution in [3.63, 3.8) is 0 Å². The summed E-state index contributed by atoms with van der Waals surface area (Å²) in [6.07, 6.45) is 0.905. The number of thiophene rings is 1. The molecule has 7 heteroatoms. The van der Waals surface area contributed by atoms with Crippen LogP contribution in [0.2, 0.25) is 0 Å². The first kappa shape index (κ1) is 16.3. The van der Waals surface area contributed by atoms with Gasteiger partial charge in [-0.05, 0) is 36.9 Å². The van der Waals surface area contributed by atoms with Gasteiger partial charge in [-0.15, -0.1) is 11.3 Å². The van der Waals surface area contributed by atoms with E-state index in [1.807, 2.05) is 47.5 Å². The molecule has 5 rings (SSSR count). The Bertz CT molecular complexity index is 1110. The first-order valence-electron chi connectivity index (χ1n) is 8.94. The summed E-state index contributed by atoms with van der Waals surface area (Å²) in [5.74, 6) is 1.54. The maximum atomic E-state index is 12.9. The van der Waals surface area contributed by atoms with Crippen LogP contribution in [0.15, 0.2) is 52.4 Å². The Morgan fingerprint density at radius 2 is 2.15 bits per heavy atom. The van der Waals surface area contributed by atoms with Gasteiger partial charge in [-0.3, -0.25) is 4.79 Å². The van der Waals surface area contributed by atoms with Gasteiger partial charge in [-0.2, -0.15) is 0 Å². The van der Waals surface area contributed by atoms with Gasteiger partial charge in [0.1, 0.15) is 5.82 Å². The molecule has 6 nitrogen and oxygen atoms in total. The Morgan fingerprint density at radius 3 is 3.00 bits per heavy atom. The van der Waals surface area contributed by atoms with Crippen molar-refractivity contribution in [2.75, 3.05) is 13.1 Å². The molecule has 1 atom stereocenters. The zero-order valence-corrected chi connectivity index (χ0v) is 15.6. The van der Waals surface area contributed by atoms with E-state index in [-0.39, 0.29) is 11.9 Å². The molecule has 1 fully saturated rings. The Balaban J connectivity index is 1.37. The zero-order valence-electron chi connectivity index (χ0n) is 14.8. The second kappa shape index (κ2) is 6.35. The van der Waals surface area contributed by atoms with E-state index >= 15 is 0 Å². The fraction of sp³-hybridized carbons (Fsp3) is 0.250. The van der Waals surface area contributed by atoms with Gasteiger partial charge in [-0.25, -0.2) is 4.98 Å². The highest BCUT2D eigenvalue weighted by Gasteiger charge is 2.31. The lowest BCUT2D eigenvalue weighted by atomic mass is 10.2. The minimum absolute atomic E-state index is 0.0777. The summed E-state index contributed by atoms with van der Waals surface area (Å²) < 4.78 is 7.62. The molecule has 1 unspecified atom stereocenters. The average molecular weight is 378 g/mol. The number of imidazole rings is 1. The molecule has 0 spiro atoms. The lowest BCUT2D eigenvalue weighted by molar-refractivity contribution is 0.0777. The van der Waals surface area contributed by atoms with Crippen LogP contribution >= 0.6 is 11.3 Å². The smallest absolute Gasteiger partial charge is 0.276 e. The third kappa shape index (κ3) is 2.75. The lowest BCUT2D eigenvalue weighted by Crippen LogP contribution is -2.29. The number of aryl methyl sites for hydroxylation is 1. The van der Waals surface area contributed by atoms with Gasteiger partial charge in [0.2, 0.25) is 0 Å². The number of nitrogens with zero attached hydrogens (tertiary/aromatic N) is 4. The molecule has 4 heterocycles. The Labute approximate surface area is 160 Å². The number of fused-ring (bicyclic) bond motifs is 1. The summed E-state index contributed by atoms with van der Waals surface area (Å²) in [6.45, 7) is 3.38. The zero-order chi connectivity index (χ0) is 18.4. The molecule has 1 aliphatic heterocycles. The lowest BCUT2D eigenvalue weighted by Gasteiger charge is -2.17. The van der Waals surface area contributed by atoms with Crippen LogP contribution in [0.5, 0.6) is 0 Å². The summed E-state index contributed by atoms with van der Waals surface area (Å²) in [5.41, 5.74) is 2.49. The topological polar surface area (TPSA) is 64.2 Å². The molecule has 0 bridgehead atoms. The Hall–Kier alpha value is -2.93. The van der Waals surface area contributed by atoms with Crippen LogP contribution in [0.3, 0.4) is 0 Å². The van der Waals surface area contributed by atoms with Crippen molar-refractivity contribution in [3.05, 3.63) is 59.4 Å². The Kier molecular flexibility index (Phi) is 3.82. The summed E-state index contributed by atoms with van der Waals surface area (Å²) in [5, 5.41) is 5.97. The van der Waals surface area contributed by atoms with Crippen LogP contribution in [0, 0.1) is 6.92 Å². The van der Waals surface area contributed by atoms with E-state index in [1.165, 1.54) is 0 Å². The van der Waals surface area contributed by atoms with E-state index in [0.29, 0.717) is 24.5 Å². The molecule has 1 aliphatic rings. The monoisotopic (exact) mass is 378 g/mol. The third-order valence-corrected chi connectivity index (χ3v) is 5.97. The van der Waals surface area contributed by atoms with Crippen molar-refractivity contribution in [2.45, 2.75) is 19.4 Å². The highest BCUT2D eigenvalue weighted by Crippen LogP contribution is 2.30. The molecule has 0 saturated carbocycles. The number of benzene rings is 1.